The van der Waals surface area contributed by atoms with E-state index in [2.05, 4.69) is 28.7 Å². The van der Waals surface area contributed by atoms with Gasteiger partial charge < -0.3 is 0 Å². The van der Waals surface area contributed by atoms with Gasteiger partial charge in [0.1, 0.15) is 5.01 Å². The Balaban J connectivity index is 1.49. The molecular formula is C17H25N3O2S3. The molecule has 0 atom stereocenters. The Labute approximate surface area is 158 Å². The molecule has 2 aromatic heterocycles. The molecule has 0 N–H and O–H groups in total. The molecule has 1 aliphatic rings. The van der Waals surface area contributed by atoms with E-state index in [-0.39, 0.29) is 5.75 Å². The van der Waals surface area contributed by atoms with E-state index in [4.69, 9.17) is 4.98 Å². The van der Waals surface area contributed by atoms with Crippen LogP contribution in [0.3, 0.4) is 0 Å². The van der Waals surface area contributed by atoms with Crippen molar-refractivity contribution in [3.8, 4) is 9.88 Å². The summed E-state index contributed by atoms with van der Waals surface area (Å²) >= 11 is 3.39. The van der Waals surface area contributed by atoms with Gasteiger partial charge in [0.05, 0.1) is 16.3 Å². The van der Waals surface area contributed by atoms with E-state index in [0.29, 0.717) is 13.1 Å². The molecule has 3 heterocycles. The van der Waals surface area contributed by atoms with Gasteiger partial charge in [0.25, 0.3) is 0 Å². The Hall–Kier alpha value is -0.800. The average molecular weight is 400 g/mol. The average Bonchev–Trinajstić information content (AvgIpc) is 3.27. The van der Waals surface area contributed by atoms with Gasteiger partial charge in [-0.25, -0.2) is 13.4 Å². The van der Waals surface area contributed by atoms with Crippen LogP contribution in [0.15, 0.2) is 22.9 Å². The molecule has 138 valence electrons. The van der Waals surface area contributed by atoms with Gasteiger partial charge in [0.15, 0.2) is 0 Å². The summed E-state index contributed by atoms with van der Waals surface area (Å²) in [5, 5.41) is 5.25. The Morgan fingerprint density at radius 1 is 1.16 bits per heavy atom. The lowest BCUT2D eigenvalue weighted by Crippen LogP contribution is -2.48. The van der Waals surface area contributed by atoms with Crippen LogP contribution in [0, 0.1) is 0 Å². The Kier molecular flexibility index (Phi) is 6.62. The highest BCUT2D eigenvalue weighted by Crippen LogP contribution is 2.28. The zero-order valence-electron chi connectivity index (χ0n) is 14.6. The van der Waals surface area contributed by atoms with Crippen molar-refractivity contribution in [1.82, 2.24) is 14.2 Å². The van der Waals surface area contributed by atoms with Gasteiger partial charge in [-0.2, -0.15) is 4.31 Å². The van der Waals surface area contributed by atoms with Crippen molar-refractivity contribution < 1.29 is 8.42 Å². The molecule has 0 aromatic carbocycles. The summed E-state index contributed by atoms with van der Waals surface area (Å²) in [4.78, 5) is 8.22. The number of rotatable bonds is 8. The number of piperazine rings is 1. The number of unbranched alkanes of at least 4 members (excludes halogenated alkanes) is 2. The second-order valence-corrected chi connectivity index (χ2v) is 10.2. The molecule has 1 fully saturated rings. The van der Waals surface area contributed by atoms with Crippen molar-refractivity contribution >= 4 is 32.7 Å². The van der Waals surface area contributed by atoms with Crippen LogP contribution in [0.5, 0.6) is 0 Å². The molecular weight excluding hydrogens is 374 g/mol. The summed E-state index contributed by atoms with van der Waals surface area (Å²) in [6.45, 7) is 5.63. The molecule has 0 amide bonds. The van der Waals surface area contributed by atoms with Gasteiger partial charge in [0.2, 0.25) is 10.0 Å². The summed E-state index contributed by atoms with van der Waals surface area (Å²) < 4.78 is 26.4. The largest absolute Gasteiger partial charge is 0.295 e. The maximum absolute atomic E-state index is 12.4. The van der Waals surface area contributed by atoms with Crippen LogP contribution in [0.4, 0.5) is 0 Å². The summed E-state index contributed by atoms with van der Waals surface area (Å²) in [6, 6.07) is 4.14. The highest BCUT2D eigenvalue weighted by Gasteiger charge is 2.26. The molecule has 3 rings (SSSR count). The van der Waals surface area contributed by atoms with Crippen LogP contribution in [-0.2, 0) is 16.6 Å². The van der Waals surface area contributed by atoms with E-state index in [9.17, 15) is 8.42 Å². The van der Waals surface area contributed by atoms with Crippen LogP contribution in [0.25, 0.3) is 9.88 Å². The number of hydrogen-bond acceptors (Lipinski definition) is 6. The zero-order chi connectivity index (χ0) is 17.7. The number of hydrogen-bond donors (Lipinski definition) is 0. The highest BCUT2D eigenvalue weighted by atomic mass is 32.2. The fourth-order valence-electron chi connectivity index (χ4n) is 2.95. The molecule has 0 unspecified atom stereocenters. The predicted octanol–water partition coefficient (Wildman–Crippen LogP) is 3.51. The van der Waals surface area contributed by atoms with Crippen LogP contribution in [0.2, 0.25) is 0 Å². The third-order valence-corrected chi connectivity index (χ3v) is 8.29. The lowest BCUT2D eigenvalue weighted by atomic mass is 10.3. The van der Waals surface area contributed by atoms with E-state index in [1.807, 2.05) is 6.07 Å². The number of thiophene rings is 1. The monoisotopic (exact) mass is 399 g/mol. The van der Waals surface area contributed by atoms with Crippen molar-refractivity contribution in [1.29, 1.82) is 0 Å². The second kappa shape index (κ2) is 8.73. The first-order valence-corrected chi connectivity index (χ1v) is 12.1. The first-order chi connectivity index (χ1) is 12.1. The minimum atomic E-state index is -3.08. The van der Waals surface area contributed by atoms with Gasteiger partial charge >= 0.3 is 0 Å². The van der Waals surface area contributed by atoms with E-state index >= 15 is 0 Å². The molecule has 0 bridgehead atoms. The van der Waals surface area contributed by atoms with Crippen LogP contribution >= 0.6 is 22.7 Å². The van der Waals surface area contributed by atoms with E-state index in [1.54, 1.807) is 27.0 Å². The standard InChI is InChI=1S/C17H25N3O2S3/c1-2-3-4-12-25(21,22)20-9-7-19(8-10-20)13-15-14-24-17(18-15)16-6-5-11-23-16/h5-6,11,14H,2-4,7-10,12-13H2,1H3. The fraction of sp³-hybridized carbons (Fsp3) is 0.588. The molecule has 25 heavy (non-hydrogen) atoms. The second-order valence-electron chi connectivity index (χ2n) is 6.32. The minimum Gasteiger partial charge on any atom is -0.295 e. The molecule has 1 saturated heterocycles. The Morgan fingerprint density at radius 3 is 2.64 bits per heavy atom. The number of aromatic nitrogens is 1. The molecule has 0 spiro atoms. The topological polar surface area (TPSA) is 53.5 Å². The van der Waals surface area contributed by atoms with Crippen molar-refractivity contribution in [2.24, 2.45) is 0 Å². The summed E-state index contributed by atoms with van der Waals surface area (Å²) in [5.41, 5.74) is 1.08. The van der Waals surface area contributed by atoms with Crippen molar-refractivity contribution in [2.45, 2.75) is 32.7 Å². The lowest BCUT2D eigenvalue weighted by Gasteiger charge is -2.33. The van der Waals surface area contributed by atoms with Crippen LogP contribution in [0.1, 0.15) is 31.9 Å². The zero-order valence-corrected chi connectivity index (χ0v) is 17.0. The Bertz CT molecular complexity index is 748. The molecule has 8 heteroatoms. The van der Waals surface area contributed by atoms with Crippen molar-refractivity contribution in [3.63, 3.8) is 0 Å². The maximum atomic E-state index is 12.4. The van der Waals surface area contributed by atoms with E-state index in [0.717, 1.165) is 49.6 Å². The van der Waals surface area contributed by atoms with Crippen LogP contribution in [-0.4, -0.2) is 54.5 Å². The SMILES string of the molecule is CCCCCS(=O)(=O)N1CCN(Cc2csc(-c3cccs3)n2)CC1. The van der Waals surface area contributed by atoms with Gasteiger partial charge in [0, 0.05) is 38.1 Å². The van der Waals surface area contributed by atoms with Crippen LogP contribution < -0.4 is 0 Å². The minimum absolute atomic E-state index is 0.289. The maximum Gasteiger partial charge on any atom is 0.214 e. The number of nitrogens with zero attached hydrogens (tertiary/aromatic N) is 3. The normalized spacial score (nSPS) is 17.2. The molecule has 0 aliphatic carbocycles. The molecule has 0 saturated carbocycles. The molecule has 2 aromatic rings. The van der Waals surface area contributed by atoms with E-state index < -0.39 is 10.0 Å². The smallest absolute Gasteiger partial charge is 0.214 e. The number of thiazole rings is 1. The lowest BCUT2D eigenvalue weighted by molar-refractivity contribution is 0.180. The van der Waals surface area contributed by atoms with Gasteiger partial charge in [-0.1, -0.05) is 25.8 Å². The van der Waals surface area contributed by atoms with Gasteiger partial charge in [-0.3, -0.25) is 4.90 Å². The third kappa shape index (κ3) is 5.10. The predicted molar refractivity (Wildman–Crippen MR) is 106 cm³/mol. The highest BCUT2D eigenvalue weighted by molar-refractivity contribution is 7.89. The molecule has 1 aliphatic heterocycles. The van der Waals surface area contributed by atoms with Crippen molar-refractivity contribution in [3.05, 3.63) is 28.6 Å². The first kappa shape index (κ1) is 19.0. The van der Waals surface area contributed by atoms with Gasteiger partial charge in [-0.15, -0.1) is 22.7 Å². The molecule has 0 radical (unpaired) electrons. The van der Waals surface area contributed by atoms with Gasteiger partial charge in [-0.05, 0) is 17.9 Å². The van der Waals surface area contributed by atoms with E-state index in [1.165, 1.54) is 4.88 Å². The third-order valence-electron chi connectivity index (χ3n) is 4.40. The summed E-state index contributed by atoms with van der Waals surface area (Å²) in [6.07, 6.45) is 2.80. The molecule has 5 nitrogen and oxygen atoms in total. The summed E-state index contributed by atoms with van der Waals surface area (Å²) in [7, 11) is -3.08. The quantitative estimate of drug-likeness (QED) is 0.638. The fourth-order valence-corrected chi connectivity index (χ4v) is 6.12. The Morgan fingerprint density at radius 2 is 1.96 bits per heavy atom. The summed E-state index contributed by atoms with van der Waals surface area (Å²) in [5.74, 6) is 0.289. The van der Waals surface area contributed by atoms with Crippen molar-refractivity contribution in [2.75, 3.05) is 31.9 Å². The number of sulfonamides is 1. The first-order valence-electron chi connectivity index (χ1n) is 8.77.